The smallest absolute Gasteiger partial charge is 0.191 e. The van der Waals surface area contributed by atoms with Crippen LogP contribution in [0.15, 0.2) is 29.3 Å². The molecule has 0 atom stereocenters. The summed E-state index contributed by atoms with van der Waals surface area (Å²) in [5.41, 5.74) is 1.15. The monoisotopic (exact) mass is 307 g/mol. The van der Waals surface area contributed by atoms with Crippen LogP contribution in [0.25, 0.3) is 0 Å². The molecule has 5 heteroatoms. The highest BCUT2D eigenvalue weighted by Crippen LogP contribution is 2.12. The third-order valence-corrected chi connectivity index (χ3v) is 2.92. The van der Waals surface area contributed by atoms with E-state index in [9.17, 15) is 0 Å². The molecule has 0 saturated heterocycles. The predicted octanol–water partition coefficient (Wildman–Crippen LogP) is 2.42. The first-order valence-electron chi connectivity index (χ1n) is 7.88. The van der Waals surface area contributed by atoms with E-state index in [1.165, 1.54) is 0 Å². The zero-order chi connectivity index (χ0) is 16.2. The lowest BCUT2D eigenvalue weighted by molar-refractivity contribution is 0.146. The van der Waals surface area contributed by atoms with Gasteiger partial charge in [0.1, 0.15) is 12.4 Å². The van der Waals surface area contributed by atoms with E-state index in [0.717, 1.165) is 30.4 Å². The SMILES string of the molecule is CCNC(=NCc1ccc(OCCOC)cc1)NCC(C)C. The van der Waals surface area contributed by atoms with Crippen molar-refractivity contribution in [3.05, 3.63) is 29.8 Å². The quantitative estimate of drug-likeness (QED) is 0.418. The second-order valence-electron chi connectivity index (χ2n) is 5.46. The van der Waals surface area contributed by atoms with Crippen molar-refractivity contribution in [2.45, 2.75) is 27.3 Å². The van der Waals surface area contributed by atoms with Crippen LogP contribution in [0.3, 0.4) is 0 Å². The zero-order valence-corrected chi connectivity index (χ0v) is 14.2. The van der Waals surface area contributed by atoms with Crippen molar-refractivity contribution in [1.29, 1.82) is 0 Å². The van der Waals surface area contributed by atoms with Gasteiger partial charge in [0.15, 0.2) is 5.96 Å². The summed E-state index contributed by atoms with van der Waals surface area (Å²) in [4.78, 5) is 4.59. The first-order valence-corrected chi connectivity index (χ1v) is 7.88. The van der Waals surface area contributed by atoms with Gasteiger partial charge in [0, 0.05) is 20.2 Å². The molecule has 1 rings (SSSR count). The van der Waals surface area contributed by atoms with E-state index in [2.05, 4.69) is 36.4 Å². The number of hydrogen-bond acceptors (Lipinski definition) is 3. The van der Waals surface area contributed by atoms with Crippen LogP contribution >= 0.6 is 0 Å². The molecule has 0 fully saturated rings. The summed E-state index contributed by atoms with van der Waals surface area (Å²) in [5, 5.41) is 6.59. The van der Waals surface area contributed by atoms with E-state index in [1.807, 2.05) is 24.3 Å². The van der Waals surface area contributed by atoms with Crippen molar-refractivity contribution < 1.29 is 9.47 Å². The standard InChI is InChI=1S/C17H29N3O2/c1-5-18-17(19-12-14(2)3)20-13-15-6-8-16(9-7-15)22-11-10-21-4/h6-9,14H,5,10-13H2,1-4H3,(H2,18,19,20). The average Bonchev–Trinajstić information content (AvgIpc) is 2.51. The minimum atomic E-state index is 0.567. The summed E-state index contributed by atoms with van der Waals surface area (Å²) in [5.74, 6) is 2.30. The summed E-state index contributed by atoms with van der Waals surface area (Å²) >= 11 is 0. The van der Waals surface area contributed by atoms with Crippen molar-refractivity contribution in [3.63, 3.8) is 0 Å². The van der Waals surface area contributed by atoms with Gasteiger partial charge in [-0.2, -0.15) is 0 Å². The predicted molar refractivity (Wildman–Crippen MR) is 91.5 cm³/mol. The van der Waals surface area contributed by atoms with Gasteiger partial charge in [-0.05, 0) is 30.5 Å². The van der Waals surface area contributed by atoms with Crippen LogP contribution in [-0.2, 0) is 11.3 Å². The molecule has 1 aromatic carbocycles. The maximum absolute atomic E-state index is 5.54. The van der Waals surface area contributed by atoms with Crippen LogP contribution in [0.1, 0.15) is 26.3 Å². The Labute approximate surface area is 134 Å². The molecule has 0 spiro atoms. The van der Waals surface area contributed by atoms with E-state index in [-0.39, 0.29) is 0 Å². The highest BCUT2D eigenvalue weighted by atomic mass is 16.5. The minimum Gasteiger partial charge on any atom is -0.491 e. The molecule has 0 saturated carbocycles. The molecule has 0 unspecified atom stereocenters. The second-order valence-corrected chi connectivity index (χ2v) is 5.46. The second kappa shape index (κ2) is 10.9. The number of benzene rings is 1. The molecule has 0 aliphatic carbocycles. The number of aliphatic imine (C=N–C) groups is 1. The number of ether oxygens (including phenoxy) is 2. The van der Waals surface area contributed by atoms with E-state index in [1.54, 1.807) is 7.11 Å². The first-order chi connectivity index (χ1) is 10.7. The van der Waals surface area contributed by atoms with Gasteiger partial charge in [-0.1, -0.05) is 26.0 Å². The third kappa shape index (κ3) is 7.88. The fourth-order valence-electron chi connectivity index (χ4n) is 1.75. The van der Waals surface area contributed by atoms with E-state index in [4.69, 9.17) is 9.47 Å². The Bertz CT molecular complexity index is 430. The van der Waals surface area contributed by atoms with Gasteiger partial charge in [0.25, 0.3) is 0 Å². The Balaban J connectivity index is 2.50. The van der Waals surface area contributed by atoms with Gasteiger partial charge in [0.05, 0.1) is 13.2 Å². The number of nitrogens with zero attached hydrogens (tertiary/aromatic N) is 1. The van der Waals surface area contributed by atoms with Crippen LogP contribution < -0.4 is 15.4 Å². The lowest BCUT2D eigenvalue weighted by Gasteiger charge is -2.13. The lowest BCUT2D eigenvalue weighted by atomic mass is 10.2. The van der Waals surface area contributed by atoms with E-state index < -0.39 is 0 Å². The van der Waals surface area contributed by atoms with Crippen LogP contribution in [0.5, 0.6) is 5.75 Å². The Morgan fingerprint density at radius 1 is 1.14 bits per heavy atom. The molecule has 124 valence electrons. The van der Waals surface area contributed by atoms with Crippen LogP contribution in [-0.4, -0.2) is 39.4 Å². The van der Waals surface area contributed by atoms with Gasteiger partial charge in [-0.25, -0.2) is 4.99 Å². The van der Waals surface area contributed by atoms with Gasteiger partial charge >= 0.3 is 0 Å². The summed E-state index contributed by atoms with van der Waals surface area (Å²) in [6.07, 6.45) is 0. The number of rotatable bonds is 9. The fraction of sp³-hybridized carbons (Fsp3) is 0.588. The molecular weight excluding hydrogens is 278 g/mol. The molecule has 0 aliphatic rings. The molecule has 0 aromatic heterocycles. The largest absolute Gasteiger partial charge is 0.491 e. The van der Waals surface area contributed by atoms with Crippen molar-refractivity contribution in [1.82, 2.24) is 10.6 Å². The maximum Gasteiger partial charge on any atom is 0.191 e. The molecule has 0 bridgehead atoms. The molecule has 0 heterocycles. The van der Waals surface area contributed by atoms with Crippen LogP contribution in [0.2, 0.25) is 0 Å². The van der Waals surface area contributed by atoms with Gasteiger partial charge in [-0.3, -0.25) is 0 Å². The molecule has 0 amide bonds. The summed E-state index contributed by atoms with van der Waals surface area (Å²) < 4.78 is 10.5. The maximum atomic E-state index is 5.54. The number of guanidine groups is 1. The number of hydrogen-bond donors (Lipinski definition) is 2. The van der Waals surface area contributed by atoms with Crippen molar-refractivity contribution in [3.8, 4) is 5.75 Å². The summed E-state index contributed by atoms with van der Waals surface area (Å²) in [7, 11) is 1.67. The summed E-state index contributed by atoms with van der Waals surface area (Å²) in [6, 6.07) is 8.01. The molecule has 22 heavy (non-hydrogen) atoms. The van der Waals surface area contributed by atoms with Gasteiger partial charge in [0.2, 0.25) is 0 Å². The molecule has 1 aromatic rings. The van der Waals surface area contributed by atoms with Crippen molar-refractivity contribution in [2.24, 2.45) is 10.9 Å². The molecule has 2 N–H and O–H groups in total. The van der Waals surface area contributed by atoms with E-state index >= 15 is 0 Å². The highest BCUT2D eigenvalue weighted by molar-refractivity contribution is 5.79. The highest BCUT2D eigenvalue weighted by Gasteiger charge is 2.00. The number of nitrogens with one attached hydrogen (secondary N) is 2. The Morgan fingerprint density at radius 2 is 1.86 bits per heavy atom. The van der Waals surface area contributed by atoms with Gasteiger partial charge in [-0.15, -0.1) is 0 Å². The topological polar surface area (TPSA) is 54.9 Å². The molecule has 0 radical (unpaired) electrons. The lowest BCUT2D eigenvalue weighted by Crippen LogP contribution is -2.39. The van der Waals surface area contributed by atoms with Crippen LogP contribution in [0.4, 0.5) is 0 Å². The summed E-state index contributed by atoms with van der Waals surface area (Å²) in [6.45, 7) is 10.0. The fourth-order valence-corrected chi connectivity index (χ4v) is 1.75. The van der Waals surface area contributed by atoms with Crippen molar-refractivity contribution in [2.75, 3.05) is 33.4 Å². The first kappa shape index (κ1) is 18.3. The Morgan fingerprint density at radius 3 is 2.45 bits per heavy atom. The minimum absolute atomic E-state index is 0.567. The van der Waals surface area contributed by atoms with Crippen LogP contribution in [0, 0.1) is 5.92 Å². The van der Waals surface area contributed by atoms with E-state index in [0.29, 0.717) is 25.7 Å². The average molecular weight is 307 g/mol. The normalized spacial score (nSPS) is 11.6. The number of methoxy groups -OCH3 is 1. The third-order valence-electron chi connectivity index (χ3n) is 2.92. The molecule has 0 aliphatic heterocycles. The zero-order valence-electron chi connectivity index (χ0n) is 14.2. The van der Waals surface area contributed by atoms with Gasteiger partial charge < -0.3 is 20.1 Å². The molecular formula is C17H29N3O2. The Kier molecular flexibility index (Phi) is 9.07. The van der Waals surface area contributed by atoms with Crippen molar-refractivity contribution >= 4 is 5.96 Å². The Hall–Kier alpha value is -1.75. The molecule has 5 nitrogen and oxygen atoms in total.